The Morgan fingerprint density at radius 2 is 1.09 bits per heavy atom. The van der Waals surface area contributed by atoms with Crippen LogP contribution in [0.15, 0.2) is 0 Å². The van der Waals surface area contributed by atoms with Gasteiger partial charge >= 0.3 is 71.1 Å². The number of esters is 2. The third-order valence-corrected chi connectivity index (χ3v) is 5.92. The minimum atomic E-state index is -5.32. The summed E-state index contributed by atoms with van der Waals surface area (Å²) < 4.78 is 25.0. The average molecular weight is 641 g/mol. The van der Waals surface area contributed by atoms with Gasteiger partial charge in [0.2, 0.25) is 0 Å². The quantitative estimate of drug-likeness (QED) is 0.0368. The van der Waals surface area contributed by atoms with Crippen molar-refractivity contribution in [1.29, 1.82) is 0 Å². The van der Waals surface area contributed by atoms with Gasteiger partial charge in [-0.05, 0) is 72.5 Å². The number of hydrogen-bond acceptors (Lipinski definition) is 8. The van der Waals surface area contributed by atoms with E-state index in [1.54, 1.807) is 6.92 Å². The Kier molecular flexibility index (Phi) is 36.5. The van der Waals surface area contributed by atoms with Crippen LogP contribution < -0.4 is 68.9 Å². The van der Waals surface area contributed by atoms with Crippen molar-refractivity contribution in [2.45, 2.75) is 110 Å². The van der Waals surface area contributed by atoms with E-state index >= 15 is 0 Å². The van der Waals surface area contributed by atoms with Gasteiger partial charge in [-0.3, -0.25) is 4.79 Å². The molecule has 0 spiro atoms. The predicted octanol–water partition coefficient (Wildman–Crippen LogP) is -2.18. The Bertz CT molecular complexity index is 1240. The maximum absolute atomic E-state index is 12.2. The Labute approximate surface area is 308 Å². The molecule has 0 rings (SSSR count). The van der Waals surface area contributed by atoms with Gasteiger partial charge in [0.05, 0.1) is 14.4 Å². The van der Waals surface area contributed by atoms with Crippen molar-refractivity contribution >= 4 is 19.8 Å². The molecule has 0 saturated carbocycles. The molecule has 0 aromatic carbocycles. The molecule has 0 N–H and O–H groups in total. The summed E-state index contributed by atoms with van der Waals surface area (Å²) in [6, 6.07) is 0. The van der Waals surface area contributed by atoms with Crippen LogP contribution in [0.25, 0.3) is 0 Å². The van der Waals surface area contributed by atoms with E-state index in [1.807, 2.05) is 0 Å². The van der Waals surface area contributed by atoms with Crippen LogP contribution >= 0.6 is 7.82 Å². The van der Waals surface area contributed by atoms with E-state index < -0.39 is 39.1 Å². The van der Waals surface area contributed by atoms with Gasteiger partial charge in [0.1, 0.15) is 6.61 Å². The van der Waals surface area contributed by atoms with E-state index in [2.05, 4.69) is 82.5 Å². The summed E-state index contributed by atoms with van der Waals surface area (Å²) in [7, 11) is -5.32. The molecule has 0 heterocycles. The molecule has 0 aliphatic rings. The Hall–Kier alpha value is -1.59. The average Bonchev–Trinajstić information content (AvgIpc) is 2.95. The molecule has 0 aliphatic carbocycles. The smallest absolute Gasteiger partial charge is 0.790 e. The van der Waals surface area contributed by atoms with Gasteiger partial charge in [-0.2, -0.15) is 0 Å². The summed E-state index contributed by atoms with van der Waals surface area (Å²) in [5, 5.41) is 0. The number of phosphoric acid groups is 1. The zero-order valence-corrected chi connectivity index (χ0v) is 31.5. The van der Waals surface area contributed by atoms with Gasteiger partial charge in [-0.1, -0.05) is 89.9 Å². The van der Waals surface area contributed by atoms with Gasteiger partial charge in [-0.25, -0.2) is 4.79 Å². The minimum Gasteiger partial charge on any atom is -0.790 e. The van der Waals surface area contributed by atoms with Crippen molar-refractivity contribution in [3.8, 4) is 71.0 Å². The molecule has 0 saturated heterocycles. The summed E-state index contributed by atoms with van der Waals surface area (Å²) in [6.45, 7) is 2.54. The molecule has 0 aromatic heterocycles. The maximum Gasteiger partial charge on any atom is 1.00 e. The molecule has 0 bridgehead atoms. The van der Waals surface area contributed by atoms with Crippen LogP contribution in [-0.4, -0.2) is 31.3 Å². The molecular formula is C33H39Na2O8P. The van der Waals surface area contributed by atoms with Crippen molar-refractivity contribution < 1.29 is 97.1 Å². The fraction of sp³-hybridized carbons (Fsp3) is 0.576. The summed E-state index contributed by atoms with van der Waals surface area (Å²) in [5.41, 5.74) is 0. The Balaban J connectivity index is -0.00000840. The first kappa shape index (κ1) is 46.8. The minimum absolute atomic E-state index is 0. The summed E-state index contributed by atoms with van der Waals surface area (Å²) in [5.74, 6) is 27.1. The zero-order chi connectivity index (χ0) is 31.2. The van der Waals surface area contributed by atoms with Crippen LogP contribution in [0.2, 0.25) is 0 Å². The first-order chi connectivity index (χ1) is 20.3. The first-order valence-corrected chi connectivity index (χ1v) is 15.7. The molecular weight excluding hydrogens is 601 g/mol. The monoisotopic (exact) mass is 640 g/mol. The van der Waals surface area contributed by atoms with E-state index in [0.717, 1.165) is 19.3 Å². The number of ether oxygens (including phenoxy) is 2. The third-order valence-electron chi connectivity index (χ3n) is 5.45. The molecule has 11 heteroatoms. The molecule has 0 aromatic rings. The normalized spacial score (nSPS) is 9.64. The third kappa shape index (κ3) is 36.6. The molecule has 0 radical (unpaired) electrons. The topological polar surface area (TPSA) is 125 Å². The fourth-order valence-corrected chi connectivity index (χ4v) is 3.77. The van der Waals surface area contributed by atoms with Crippen LogP contribution in [0.1, 0.15) is 104 Å². The van der Waals surface area contributed by atoms with E-state index in [4.69, 9.17) is 9.47 Å². The summed E-state index contributed by atoms with van der Waals surface area (Å²) in [6.07, 6.45) is 13.9. The van der Waals surface area contributed by atoms with Crippen LogP contribution in [0.4, 0.5) is 0 Å². The number of phosphoric ester groups is 1. The first-order valence-electron chi connectivity index (χ1n) is 14.2. The number of unbranched alkanes of at least 4 members (excludes halogenated alkanes) is 12. The van der Waals surface area contributed by atoms with Crippen molar-refractivity contribution in [3.63, 3.8) is 0 Å². The van der Waals surface area contributed by atoms with Crippen LogP contribution in [-0.2, 0) is 28.2 Å². The predicted molar refractivity (Wildman–Crippen MR) is 157 cm³/mol. The van der Waals surface area contributed by atoms with Crippen molar-refractivity contribution in [1.82, 2.24) is 0 Å². The zero-order valence-electron chi connectivity index (χ0n) is 26.6. The van der Waals surface area contributed by atoms with Crippen molar-refractivity contribution in [2.24, 2.45) is 0 Å². The van der Waals surface area contributed by atoms with Crippen molar-refractivity contribution in [3.05, 3.63) is 0 Å². The van der Waals surface area contributed by atoms with E-state index in [-0.39, 0.29) is 65.5 Å². The maximum atomic E-state index is 12.2. The molecule has 0 unspecified atom stereocenters. The van der Waals surface area contributed by atoms with E-state index in [0.29, 0.717) is 6.42 Å². The summed E-state index contributed by atoms with van der Waals surface area (Å²) in [4.78, 5) is 45.6. The Morgan fingerprint density at radius 3 is 1.55 bits per heavy atom. The second-order valence-corrected chi connectivity index (χ2v) is 10.2. The SMILES string of the molecule is CC#CC#CC#CC#CC#CC#CC(=O)OC[C@@H](COP(=O)([O-])[O-])OC(=O)CCCCCCCCCCCCCCC.[Na+].[Na+]. The molecule has 8 nitrogen and oxygen atoms in total. The summed E-state index contributed by atoms with van der Waals surface area (Å²) >= 11 is 0. The van der Waals surface area contributed by atoms with Gasteiger partial charge in [-0.15, -0.1) is 0 Å². The van der Waals surface area contributed by atoms with Gasteiger partial charge < -0.3 is 28.3 Å². The number of hydrogen-bond donors (Lipinski definition) is 0. The molecule has 0 aliphatic heterocycles. The molecule has 226 valence electrons. The van der Waals surface area contributed by atoms with Crippen LogP contribution in [0.5, 0.6) is 0 Å². The molecule has 0 amide bonds. The second-order valence-electron chi connectivity index (χ2n) is 9.07. The van der Waals surface area contributed by atoms with E-state index in [1.165, 1.54) is 57.8 Å². The van der Waals surface area contributed by atoms with Crippen LogP contribution in [0.3, 0.4) is 0 Å². The van der Waals surface area contributed by atoms with Gasteiger partial charge in [0, 0.05) is 12.3 Å². The largest absolute Gasteiger partial charge is 1.00 e. The van der Waals surface area contributed by atoms with Gasteiger partial charge in [0.25, 0.3) is 0 Å². The molecule has 1 atom stereocenters. The fourth-order valence-electron chi connectivity index (χ4n) is 3.42. The van der Waals surface area contributed by atoms with Crippen molar-refractivity contribution in [2.75, 3.05) is 13.2 Å². The number of carbonyl (C=O) groups excluding carboxylic acids is 2. The standard InChI is InChI=1S/C33H41O8P.2Na/c1-3-5-7-9-11-13-15-16-18-20-22-24-26-28-33(35)41-31(30-40-42(36,37)38)29-39-32(34)27-25-23-21-19-17-14-12-10-8-6-4-2;;/h31H,3,5,7,9,11,13,15-16,18,20,22,24,26,28-30H2,1-2H3,(H2,36,37,38);;/q;2*+1/p-2/t31-;;/m0../s1. The second kappa shape index (κ2) is 34.3. The van der Waals surface area contributed by atoms with E-state index in [9.17, 15) is 23.9 Å². The Morgan fingerprint density at radius 1 is 0.659 bits per heavy atom. The number of rotatable bonds is 20. The number of carbonyl (C=O) groups is 2. The van der Waals surface area contributed by atoms with Gasteiger partial charge in [0.15, 0.2) is 6.10 Å². The molecule has 0 fully saturated rings. The van der Waals surface area contributed by atoms with Crippen LogP contribution in [0, 0.1) is 71.0 Å². The molecule has 44 heavy (non-hydrogen) atoms.